The van der Waals surface area contributed by atoms with Crippen molar-refractivity contribution in [1.29, 1.82) is 0 Å². The van der Waals surface area contributed by atoms with E-state index in [4.69, 9.17) is 14.2 Å². The van der Waals surface area contributed by atoms with E-state index in [1.165, 1.54) is 0 Å². The molecule has 2 aromatic carbocycles. The summed E-state index contributed by atoms with van der Waals surface area (Å²) >= 11 is 0. The molecule has 0 amide bonds. The molecule has 5 nitrogen and oxygen atoms in total. The third-order valence-corrected chi connectivity index (χ3v) is 4.21. The van der Waals surface area contributed by atoms with Crippen LogP contribution in [0.2, 0.25) is 0 Å². The van der Waals surface area contributed by atoms with E-state index in [-0.39, 0.29) is 25.7 Å². The van der Waals surface area contributed by atoms with Crippen molar-refractivity contribution >= 4 is 5.97 Å². The molecule has 2 atom stereocenters. The fourth-order valence-corrected chi connectivity index (χ4v) is 2.87. The van der Waals surface area contributed by atoms with E-state index < -0.39 is 18.2 Å². The monoisotopic (exact) mass is 404 g/mol. The minimum Gasteiger partial charge on any atom is -0.490 e. The van der Waals surface area contributed by atoms with Crippen molar-refractivity contribution < 1.29 is 28.5 Å². The zero-order valence-corrected chi connectivity index (χ0v) is 17.4. The molecular weight excluding hydrogens is 375 g/mol. The van der Waals surface area contributed by atoms with Gasteiger partial charge in [-0.3, -0.25) is 0 Å². The van der Waals surface area contributed by atoms with Gasteiger partial charge in [0.05, 0.1) is 6.10 Å². The average molecular weight is 404 g/mol. The van der Waals surface area contributed by atoms with Crippen LogP contribution >= 0.6 is 0 Å². The Hall–Kier alpha value is -2.60. The topological polar surface area (TPSA) is 65.0 Å². The normalized spacial score (nSPS) is 13.2. The van der Waals surface area contributed by atoms with Crippen molar-refractivity contribution in [1.82, 2.24) is 0 Å². The molecule has 0 fully saturated rings. The number of benzene rings is 2. The maximum atomic E-state index is 14.2. The molecule has 2 unspecified atom stereocenters. The Morgan fingerprint density at radius 2 is 1.79 bits per heavy atom. The van der Waals surface area contributed by atoms with E-state index in [0.29, 0.717) is 11.5 Å². The summed E-state index contributed by atoms with van der Waals surface area (Å²) in [6.07, 6.45) is -2.22. The summed E-state index contributed by atoms with van der Waals surface area (Å²) in [4.78, 5) is 11.4. The standard InChI is InChI=1S/C23H29FO5/c1-15(2)29-22(23(25)26)12-18-6-5-7-20(11-18)27-13-19(24)14-28-21-9-8-16(3)10-17(21)4/h5-11,15,19,22H,12-14H2,1-4H3,(H,25,26). The highest BCUT2D eigenvalue weighted by Gasteiger charge is 2.20. The van der Waals surface area contributed by atoms with Crippen molar-refractivity contribution in [3.05, 3.63) is 59.2 Å². The van der Waals surface area contributed by atoms with Crippen molar-refractivity contribution in [3.63, 3.8) is 0 Å². The number of alkyl halides is 1. The molecule has 1 N–H and O–H groups in total. The van der Waals surface area contributed by atoms with Gasteiger partial charge in [0, 0.05) is 6.42 Å². The number of aryl methyl sites for hydroxylation is 2. The first-order chi connectivity index (χ1) is 13.7. The Bertz CT molecular complexity index is 806. The third-order valence-electron chi connectivity index (χ3n) is 4.21. The van der Waals surface area contributed by atoms with Crippen molar-refractivity contribution in [2.75, 3.05) is 13.2 Å². The van der Waals surface area contributed by atoms with Crippen LogP contribution in [0.25, 0.3) is 0 Å². The van der Waals surface area contributed by atoms with Gasteiger partial charge in [-0.25, -0.2) is 9.18 Å². The first kappa shape index (κ1) is 22.7. The van der Waals surface area contributed by atoms with Crippen LogP contribution in [0.15, 0.2) is 42.5 Å². The number of carboxylic acid groups (broad SMARTS) is 1. The molecule has 2 aromatic rings. The number of hydrogen-bond donors (Lipinski definition) is 1. The molecule has 29 heavy (non-hydrogen) atoms. The van der Waals surface area contributed by atoms with Crippen LogP contribution in [-0.4, -0.2) is 42.7 Å². The smallest absolute Gasteiger partial charge is 0.333 e. The van der Waals surface area contributed by atoms with Crippen molar-refractivity contribution in [3.8, 4) is 11.5 Å². The molecular formula is C23H29FO5. The molecule has 0 saturated carbocycles. The van der Waals surface area contributed by atoms with Crippen LogP contribution in [0.5, 0.6) is 11.5 Å². The van der Waals surface area contributed by atoms with Gasteiger partial charge in [-0.05, 0) is 57.0 Å². The van der Waals surface area contributed by atoms with E-state index in [2.05, 4.69) is 0 Å². The van der Waals surface area contributed by atoms with E-state index in [1.54, 1.807) is 38.1 Å². The van der Waals surface area contributed by atoms with Crippen LogP contribution in [0, 0.1) is 13.8 Å². The second kappa shape index (κ2) is 10.8. The number of aliphatic carboxylic acids is 1. The number of hydrogen-bond acceptors (Lipinski definition) is 4. The summed E-state index contributed by atoms with van der Waals surface area (Å²) in [5.41, 5.74) is 2.83. The number of rotatable bonds is 11. The Morgan fingerprint density at radius 3 is 2.45 bits per heavy atom. The molecule has 0 aliphatic rings. The van der Waals surface area contributed by atoms with Gasteiger partial charge < -0.3 is 19.3 Å². The maximum absolute atomic E-state index is 14.2. The van der Waals surface area contributed by atoms with Crippen LogP contribution in [0.1, 0.15) is 30.5 Å². The van der Waals surface area contributed by atoms with E-state index in [9.17, 15) is 14.3 Å². The number of carbonyl (C=O) groups is 1. The molecule has 2 rings (SSSR count). The summed E-state index contributed by atoms with van der Waals surface area (Å²) in [6.45, 7) is 7.23. The van der Waals surface area contributed by atoms with Gasteiger partial charge in [0.2, 0.25) is 0 Å². The molecule has 0 aliphatic carbocycles. The van der Waals surface area contributed by atoms with Gasteiger partial charge in [0.1, 0.15) is 24.7 Å². The zero-order valence-electron chi connectivity index (χ0n) is 17.4. The Balaban J connectivity index is 1.87. The van der Waals surface area contributed by atoms with Gasteiger partial charge in [-0.1, -0.05) is 29.8 Å². The first-order valence-electron chi connectivity index (χ1n) is 9.68. The van der Waals surface area contributed by atoms with Crippen LogP contribution < -0.4 is 9.47 Å². The average Bonchev–Trinajstić information content (AvgIpc) is 2.65. The molecule has 0 radical (unpaired) electrons. The number of ether oxygens (including phenoxy) is 3. The maximum Gasteiger partial charge on any atom is 0.333 e. The second-order valence-corrected chi connectivity index (χ2v) is 7.35. The molecule has 0 aliphatic heterocycles. The first-order valence-corrected chi connectivity index (χ1v) is 9.68. The molecule has 0 aromatic heterocycles. The van der Waals surface area contributed by atoms with Crippen molar-refractivity contribution in [2.45, 2.75) is 52.5 Å². The van der Waals surface area contributed by atoms with Gasteiger partial charge in [-0.2, -0.15) is 0 Å². The summed E-state index contributed by atoms with van der Waals surface area (Å²) in [5.74, 6) is 0.118. The van der Waals surface area contributed by atoms with E-state index in [0.717, 1.165) is 16.7 Å². The molecule has 0 bridgehead atoms. The largest absolute Gasteiger partial charge is 0.490 e. The summed E-state index contributed by atoms with van der Waals surface area (Å²) < 4.78 is 30.7. The summed E-state index contributed by atoms with van der Waals surface area (Å²) in [5, 5.41) is 9.30. The zero-order chi connectivity index (χ0) is 21.4. The SMILES string of the molecule is Cc1ccc(OCC(F)COc2cccc(CC(OC(C)C)C(=O)O)c2)c(C)c1. The van der Waals surface area contributed by atoms with E-state index >= 15 is 0 Å². The molecule has 0 spiro atoms. The quantitative estimate of drug-likeness (QED) is 0.597. The lowest BCUT2D eigenvalue weighted by Gasteiger charge is -2.17. The lowest BCUT2D eigenvalue weighted by atomic mass is 10.1. The van der Waals surface area contributed by atoms with Gasteiger partial charge >= 0.3 is 5.97 Å². The lowest BCUT2D eigenvalue weighted by molar-refractivity contribution is -0.153. The molecule has 6 heteroatoms. The Labute approximate surface area is 171 Å². The van der Waals surface area contributed by atoms with Gasteiger partial charge in [0.25, 0.3) is 0 Å². The summed E-state index contributed by atoms with van der Waals surface area (Å²) in [6, 6.07) is 12.7. The fraction of sp³-hybridized carbons (Fsp3) is 0.435. The molecule has 0 heterocycles. The van der Waals surface area contributed by atoms with Gasteiger partial charge in [0.15, 0.2) is 12.3 Å². The van der Waals surface area contributed by atoms with E-state index in [1.807, 2.05) is 32.0 Å². The summed E-state index contributed by atoms with van der Waals surface area (Å²) in [7, 11) is 0. The fourth-order valence-electron chi connectivity index (χ4n) is 2.87. The minimum atomic E-state index is -1.30. The lowest BCUT2D eigenvalue weighted by Crippen LogP contribution is -2.29. The van der Waals surface area contributed by atoms with Crippen molar-refractivity contribution in [2.24, 2.45) is 0 Å². The van der Waals surface area contributed by atoms with Crippen LogP contribution in [0.4, 0.5) is 4.39 Å². The highest BCUT2D eigenvalue weighted by Crippen LogP contribution is 2.20. The van der Waals surface area contributed by atoms with Gasteiger partial charge in [-0.15, -0.1) is 0 Å². The predicted molar refractivity (Wildman–Crippen MR) is 110 cm³/mol. The molecule has 158 valence electrons. The van der Waals surface area contributed by atoms with Crippen LogP contribution in [0.3, 0.4) is 0 Å². The van der Waals surface area contributed by atoms with Crippen LogP contribution in [-0.2, 0) is 16.0 Å². The number of halogens is 1. The minimum absolute atomic E-state index is 0.104. The highest BCUT2D eigenvalue weighted by atomic mass is 19.1. The number of carboxylic acids is 1. The Kier molecular flexibility index (Phi) is 8.46. The second-order valence-electron chi connectivity index (χ2n) is 7.35. The Morgan fingerprint density at radius 1 is 1.07 bits per heavy atom. The predicted octanol–water partition coefficient (Wildman–Crippen LogP) is 4.52. The third kappa shape index (κ3) is 7.74. The molecule has 0 saturated heterocycles. The highest BCUT2D eigenvalue weighted by molar-refractivity contribution is 5.72.